The normalized spacial score (nSPS) is 12.4. The predicted octanol–water partition coefficient (Wildman–Crippen LogP) is 2.91. The Morgan fingerprint density at radius 2 is 2.15 bits per heavy atom. The first kappa shape index (κ1) is 16.9. The summed E-state index contributed by atoms with van der Waals surface area (Å²) in [6.45, 7) is 8.38. The van der Waals surface area contributed by atoms with Crippen molar-refractivity contribution in [2.24, 2.45) is 0 Å². The fraction of sp³-hybridized carbons (Fsp3) is 0.714. The van der Waals surface area contributed by atoms with Gasteiger partial charge in [-0.15, -0.1) is 0 Å². The van der Waals surface area contributed by atoms with Crippen LogP contribution in [0.2, 0.25) is 0 Å². The molecule has 114 valence electrons. The van der Waals surface area contributed by atoms with E-state index in [1.807, 2.05) is 23.3 Å². The van der Waals surface area contributed by atoms with E-state index in [0.29, 0.717) is 12.4 Å². The maximum atomic E-state index is 11.8. The monoisotopic (exact) mass is 299 g/mol. The standard InChI is InChI=1S/C14H25N3O2S/c1-5-11-16-12(14(18)19-6-2)13(15)17(11)10(4)8-9-20-7-3/h10H,5-9,15H2,1-4H3. The molecule has 0 saturated carbocycles. The molecule has 1 aromatic heterocycles. The zero-order valence-corrected chi connectivity index (χ0v) is 13.6. The summed E-state index contributed by atoms with van der Waals surface area (Å²) in [4.78, 5) is 16.2. The molecule has 1 aromatic rings. The molecule has 1 heterocycles. The third kappa shape index (κ3) is 3.91. The van der Waals surface area contributed by atoms with E-state index in [1.165, 1.54) is 0 Å². The Bertz CT molecular complexity index is 446. The van der Waals surface area contributed by atoms with Crippen LogP contribution in [0.5, 0.6) is 0 Å². The number of imidazole rings is 1. The molecule has 0 aliphatic carbocycles. The van der Waals surface area contributed by atoms with Crippen LogP contribution in [0.25, 0.3) is 0 Å². The van der Waals surface area contributed by atoms with Crippen molar-refractivity contribution in [3.05, 3.63) is 11.5 Å². The van der Waals surface area contributed by atoms with Gasteiger partial charge in [-0.2, -0.15) is 11.8 Å². The van der Waals surface area contributed by atoms with Gasteiger partial charge in [0.1, 0.15) is 11.6 Å². The van der Waals surface area contributed by atoms with Crippen LogP contribution in [0, 0.1) is 0 Å². The molecule has 0 spiro atoms. The van der Waals surface area contributed by atoms with Crippen molar-refractivity contribution < 1.29 is 9.53 Å². The highest BCUT2D eigenvalue weighted by Gasteiger charge is 2.23. The largest absolute Gasteiger partial charge is 0.461 e. The second-order valence-corrected chi connectivity index (χ2v) is 5.93. The van der Waals surface area contributed by atoms with Gasteiger partial charge in [0.05, 0.1) is 6.61 Å². The lowest BCUT2D eigenvalue weighted by Crippen LogP contribution is -2.14. The summed E-state index contributed by atoms with van der Waals surface area (Å²) in [5.74, 6) is 3.02. The van der Waals surface area contributed by atoms with Gasteiger partial charge in [0.25, 0.3) is 0 Å². The van der Waals surface area contributed by atoms with Crippen molar-refractivity contribution in [3.63, 3.8) is 0 Å². The van der Waals surface area contributed by atoms with Gasteiger partial charge in [-0.3, -0.25) is 0 Å². The summed E-state index contributed by atoms with van der Waals surface area (Å²) in [5, 5.41) is 0. The number of esters is 1. The number of aromatic nitrogens is 2. The van der Waals surface area contributed by atoms with Crippen LogP contribution in [0.4, 0.5) is 5.82 Å². The minimum Gasteiger partial charge on any atom is -0.461 e. The number of nitrogen functional groups attached to an aromatic ring is 1. The average Bonchev–Trinajstić information content (AvgIpc) is 2.76. The van der Waals surface area contributed by atoms with Crippen LogP contribution >= 0.6 is 11.8 Å². The lowest BCUT2D eigenvalue weighted by molar-refractivity contribution is 0.0521. The van der Waals surface area contributed by atoms with Crippen LogP contribution in [-0.4, -0.2) is 33.6 Å². The third-order valence-electron chi connectivity index (χ3n) is 3.13. The van der Waals surface area contributed by atoms with Crippen molar-refractivity contribution in [1.29, 1.82) is 0 Å². The van der Waals surface area contributed by atoms with E-state index in [9.17, 15) is 4.79 Å². The average molecular weight is 299 g/mol. The van der Waals surface area contributed by atoms with Gasteiger partial charge in [-0.05, 0) is 31.8 Å². The topological polar surface area (TPSA) is 70.1 Å². The Hall–Kier alpha value is -1.17. The van der Waals surface area contributed by atoms with E-state index in [2.05, 4.69) is 18.8 Å². The Morgan fingerprint density at radius 1 is 1.45 bits per heavy atom. The molecule has 0 aromatic carbocycles. The van der Waals surface area contributed by atoms with E-state index in [0.717, 1.165) is 30.2 Å². The molecule has 1 unspecified atom stereocenters. The van der Waals surface area contributed by atoms with Crippen molar-refractivity contribution in [3.8, 4) is 0 Å². The highest BCUT2D eigenvalue weighted by atomic mass is 32.2. The van der Waals surface area contributed by atoms with Gasteiger partial charge in [0.15, 0.2) is 5.69 Å². The van der Waals surface area contributed by atoms with Gasteiger partial charge in [0.2, 0.25) is 0 Å². The number of carbonyl (C=O) groups is 1. The zero-order valence-electron chi connectivity index (χ0n) is 12.8. The van der Waals surface area contributed by atoms with Crippen LogP contribution < -0.4 is 5.73 Å². The molecule has 2 N–H and O–H groups in total. The first-order chi connectivity index (χ1) is 9.56. The summed E-state index contributed by atoms with van der Waals surface area (Å²) in [7, 11) is 0. The van der Waals surface area contributed by atoms with Crippen LogP contribution in [-0.2, 0) is 11.2 Å². The van der Waals surface area contributed by atoms with E-state index in [-0.39, 0.29) is 11.7 Å². The number of thioether (sulfide) groups is 1. The molecule has 0 amide bonds. The molecule has 0 radical (unpaired) electrons. The number of carbonyl (C=O) groups excluding carboxylic acids is 1. The quantitative estimate of drug-likeness (QED) is 0.590. The molecule has 0 bridgehead atoms. The van der Waals surface area contributed by atoms with Crippen molar-refractivity contribution in [2.45, 2.75) is 46.6 Å². The molecular weight excluding hydrogens is 274 g/mol. The Morgan fingerprint density at radius 3 is 2.70 bits per heavy atom. The number of hydrogen-bond donors (Lipinski definition) is 1. The number of rotatable bonds is 8. The van der Waals surface area contributed by atoms with Crippen LogP contribution in [0.1, 0.15) is 56.5 Å². The molecule has 6 heteroatoms. The van der Waals surface area contributed by atoms with Gasteiger partial charge in [-0.25, -0.2) is 9.78 Å². The number of hydrogen-bond acceptors (Lipinski definition) is 5. The molecule has 0 saturated heterocycles. The molecule has 20 heavy (non-hydrogen) atoms. The lowest BCUT2D eigenvalue weighted by atomic mass is 10.2. The van der Waals surface area contributed by atoms with E-state index in [4.69, 9.17) is 10.5 Å². The van der Waals surface area contributed by atoms with Crippen LogP contribution in [0.3, 0.4) is 0 Å². The van der Waals surface area contributed by atoms with E-state index in [1.54, 1.807) is 6.92 Å². The molecule has 5 nitrogen and oxygen atoms in total. The number of ether oxygens (including phenoxy) is 1. The van der Waals surface area contributed by atoms with Gasteiger partial charge >= 0.3 is 5.97 Å². The minimum atomic E-state index is -0.436. The molecule has 0 aliphatic rings. The van der Waals surface area contributed by atoms with Gasteiger partial charge in [0, 0.05) is 12.5 Å². The molecule has 1 rings (SSSR count). The number of anilines is 1. The van der Waals surface area contributed by atoms with Crippen molar-refractivity contribution in [2.75, 3.05) is 23.8 Å². The second-order valence-electron chi connectivity index (χ2n) is 4.54. The molecule has 0 fully saturated rings. The Kier molecular flexibility index (Phi) is 6.91. The Balaban J connectivity index is 2.96. The summed E-state index contributed by atoms with van der Waals surface area (Å²) < 4.78 is 6.98. The summed E-state index contributed by atoms with van der Waals surface area (Å²) in [6.07, 6.45) is 1.75. The molecule has 0 aliphatic heterocycles. The zero-order chi connectivity index (χ0) is 15.1. The van der Waals surface area contributed by atoms with Gasteiger partial charge in [-0.1, -0.05) is 13.8 Å². The van der Waals surface area contributed by atoms with Crippen LogP contribution in [0.15, 0.2) is 0 Å². The first-order valence-electron chi connectivity index (χ1n) is 7.18. The lowest BCUT2D eigenvalue weighted by Gasteiger charge is -2.17. The third-order valence-corrected chi connectivity index (χ3v) is 4.06. The number of nitrogens with zero attached hydrogens (tertiary/aromatic N) is 2. The smallest absolute Gasteiger partial charge is 0.360 e. The maximum Gasteiger partial charge on any atom is 0.360 e. The predicted molar refractivity (Wildman–Crippen MR) is 84.3 cm³/mol. The SMILES string of the molecule is CCOC(=O)c1nc(CC)n(C(C)CCSCC)c1N. The second kappa shape index (κ2) is 8.19. The molecule has 1 atom stereocenters. The fourth-order valence-electron chi connectivity index (χ4n) is 2.11. The van der Waals surface area contributed by atoms with Crippen molar-refractivity contribution >= 4 is 23.5 Å². The Labute approximate surface area is 125 Å². The summed E-state index contributed by atoms with van der Waals surface area (Å²) >= 11 is 1.91. The highest BCUT2D eigenvalue weighted by molar-refractivity contribution is 7.99. The first-order valence-corrected chi connectivity index (χ1v) is 8.33. The minimum absolute atomic E-state index is 0.236. The number of nitrogens with two attached hydrogens (primary N) is 1. The number of aryl methyl sites for hydroxylation is 1. The fourth-order valence-corrected chi connectivity index (χ4v) is 2.91. The van der Waals surface area contributed by atoms with E-state index < -0.39 is 5.97 Å². The summed E-state index contributed by atoms with van der Waals surface area (Å²) in [6, 6.07) is 0.236. The van der Waals surface area contributed by atoms with Crippen molar-refractivity contribution in [1.82, 2.24) is 9.55 Å². The maximum absolute atomic E-state index is 11.8. The van der Waals surface area contributed by atoms with E-state index >= 15 is 0 Å². The molecular formula is C14H25N3O2S. The highest BCUT2D eigenvalue weighted by Crippen LogP contribution is 2.25. The summed E-state index contributed by atoms with van der Waals surface area (Å²) in [5.41, 5.74) is 6.36. The van der Waals surface area contributed by atoms with Gasteiger partial charge < -0.3 is 15.0 Å².